The van der Waals surface area contributed by atoms with Gasteiger partial charge in [0.1, 0.15) is 11.2 Å². The van der Waals surface area contributed by atoms with Gasteiger partial charge >= 0.3 is 0 Å². The summed E-state index contributed by atoms with van der Waals surface area (Å²) in [6, 6.07) is 56.4. The molecular weight excluding hydrogens is 665 g/mol. The lowest BCUT2D eigenvalue weighted by atomic mass is 9.76. The average Bonchev–Trinajstić information content (AvgIpc) is 3.67. The fourth-order valence-electron chi connectivity index (χ4n) is 8.92. The van der Waals surface area contributed by atoms with Gasteiger partial charge in [-0.1, -0.05) is 189 Å². The highest BCUT2D eigenvalue weighted by molar-refractivity contribution is 6.07. The normalized spacial score (nSPS) is 14.3. The highest BCUT2D eigenvalue weighted by atomic mass is 16.3. The molecule has 0 bridgehead atoms. The van der Waals surface area contributed by atoms with Crippen molar-refractivity contribution in [3.63, 3.8) is 0 Å². The largest absolute Gasteiger partial charge is 0.456 e. The van der Waals surface area contributed by atoms with Crippen LogP contribution in [0.15, 0.2) is 156 Å². The lowest BCUT2D eigenvalue weighted by Gasteiger charge is -2.27. The van der Waals surface area contributed by atoms with E-state index in [1.807, 2.05) is 0 Å². The predicted octanol–water partition coefficient (Wildman–Crippen LogP) is 15.0. The van der Waals surface area contributed by atoms with Crippen molar-refractivity contribution in [2.45, 2.75) is 77.6 Å². The minimum absolute atomic E-state index is 0.00526. The first-order valence-corrected chi connectivity index (χ1v) is 19.8. The Bertz CT molecular complexity index is 2710. The Labute approximate surface area is 326 Å². The molecule has 1 atom stereocenters. The first kappa shape index (κ1) is 35.1. The van der Waals surface area contributed by atoms with Crippen LogP contribution in [0.2, 0.25) is 0 Å². The summed E-state index contributed by atoms with van der Waals surface area (Å²) in [5, 5.41) is 2.34. The molecule has 0 aliphatic heterocycles. The topological polar surface area (TPSA) is 13.1 Å². The smallest absolute Gasteiger partial charge is 0.135 e. The van der Waals surface area contributed by atoms with E-state index in [2.05, 4.69) is 207 Å². The Balaban J connectivity index is 1.22. The van der Waals surface area contributed by atoms with Gasteiger partial charge < -0.3 is 4.42 Å². The molecule has 0 fully saturated rings. The van der Waals surface area contributed by atoms with Crippen LogP contribution in [0.25, 0.3) is 55.3 Å². The number of furan rings is 1. The van der Waals surface area contributed by atoms with E-state index in [-0.39, 0.29) is 22.2 Å². The lowest BCUT2D eigenvalue weighted by molar-refractivity contribution is 0.580. The summed E-state index contributed by atoms with van der Waals surface area (Å²) < 4.78 is 6.42. The van der Waals surface area contributed by atoms with E-state index >= 15 is 0 Å². The maximum Gasteiger partial charge on any atom is 0.135 e. The van der Waals surface area contributed by atoms with Gasteiger partial charge in [-0.25, -0.2) is 0 Å². The molecule has 0 amide bonds. The lowest BCUT2D eigenvalue weighted by Crippen LogP contribution is -2.19. The SMILES string of the molecule is CC(C)(C)c1ccc2c(c1)C(C)(C)c1cc(C(C)(C)C)cc(-c3ccc(C(c4ccc(-c5ccccc5)cc4)c4cccc5oc6ccccc6c45)cc3)c1-2. The van der Waals surface area contributed by atoms with Crippen molar-refractivity contribution >= 4 is 21.9 Å². The van der Waals surface area contributed by atoms with Crippen LogP contribution in [-0.2, 0) is 16.2 Å². The van der Waals surface area contributed by atoms with Gasteiger partial charge in [-0.2, -0.15) is 0 Å². The molecule has 1 heterocycles. The molecule has 0 spiro atoms. The summed E-state index contributed by atoms with van der Waals surface area (Å²) in [5.74, 6) is 0.00526. The average molecular weight is 715 g/mol. The summed E-state index contributed by atoms with van der Waals surface area (Å²) in [4.78, 5) is 0. The Morgan fingerprint density at radius 1 is 0.473 bits per heavy atom. The minimum Gasteiger partial charge on any atom is -0.456 e. The Morgan fingerprint density at radius 2 is 1.05 bits per heavy atom. The van der Waals surface area contributed by atoms with Crippen LogP contribution in [0.3, 0.4) is 0 Å². The second-order valence-electron chi connectivity index (χ2n) is 18.2. The van der Waals surface area contributed by atoms with Crippen molar-refractivity contribution in [2.24, 2.45) is 0 Å². The molecule has 0 saturated carbocycles. The molecule has 9 rings (SSSR count). The zero-order valence-corrected chi connectivity index (χ0v) is 33.4. The van der Waals surface area contributed by atoms with Crippen molar-refractivity contribution in [3.8, 4) is 33.4 Å². The molecule has 1 aliphatic rings. The fourth-order valence-corrected chi connectivity index (χ4v) is 8.92. The van der Waals surface area contributed by atoms with E-state index in [4.69, 9.17) is 4.42 Å². The van der Waals surface area contributed by atoms with Gasteiger partial charge in [0.2, 0.25) is 0 Å². The molecule has 0 radical (unpaired) electrons. The van der Waals surface area contributed by atoms with Crippen LogP contribution in [0.1, 0.15) is 100 Å². The van der Waals surface area contributed by atoms with Crippen molar-refractivity contribution in [1.29, 1.82) is 0 Å². The third-order valence-electron chi connectivity index (χ3n) is 12.2. The second kappa shape index (κ2) is 12.7. The molecule has 1 heteroatoms. The zero-order valence-electron chi connectivity index (χ0n) is 33.4. The van der Waals surface area contributed by atoms with Gasteiger partial charge in [0.25, 0.3) is 0 Å². The summed E-state index contributed by atoms with van der Waals surface area (Å²) in [7, 11) is 0. The van der Waals surface area contributed by atoms with Crippen molar-refractivity contribution in [2.75, 3.05) is 0 Å². The first-order chi connectivity index (χ1) is 26.3. The Kier molecular flexibility index (Phi) is 8.10. The van der Waals surface area contributed by atoms with Gasteiger partial charge in [-0.15, -0.1) is 0 Å². The van der Waals surface area contributed by atoms with Crippen LogP contribution in [0.4, 0.5) is 0 Å². The zero-order chi connectivity index (χ0) is 38.3. The Morgan fingerprint density at radius 3 is 1.73 bits per heavy atom. The Hall–Kier alpha value is -5.66. The van der Waals surface area contributed by atoms with Crippen LogP contribution < -0.4 is 0 Å². The molecule has 0 N–H and O–H groups in total. The van der Waals surface area contributed by atoms with E-state index in [0.29, 0.717) is 0 Å². The molecule has 1 nitrogen and oxygen atoms in total. The molecule has 55 heavy (non-hydrogen) atoms. The molecule has 7 aromatic carbocycles. The number of fused-ring (bicyclic) bond motifs is 6. The molecule has 1 aliphatic carbocycles. The third kappa shape index (κ3) is 5.93. The number of para-hydroxylation sites is 1. The number of benzene rings is 7. The summed E-state index contributed by atoms with van der Waals surface area (Å²) in [6.45, 7) is 18.8. The molecular formula is C54H50O. The van der Waals surface area contributed by atoms with E-state index in [1.165, 1.54) is 77.7 Å². The van der Waals surface area contributed by atoms with Gasteiger partial charge in [0, 0.05) is 22.1 Å². The monoisotopic (exact) mass is 714 g/mol. The van der Waals surface area contributed by atoms with E-state index < -0.39 is 0 Å². The third-order valence-corrected chi connectivity index (χ3v) is 12.2. The van der Waals surface area contributed by atoms with E-state index in [0.717, 1.165) is 16.6 Å². The summed E-state index contributed by atoms with van der Waals surface area (Å²) in [5.41, 5.74) is 19.0. The highest BCUT2D eigenvalue weighted by Crippen LogP contribution is 2.54. The van der Waals surface area contributed by atoms with Crippen molar-refractivity contribution in [1.82, 2.24) is 0 Å². The second-order valence-corrected chi connectivity index (χ2v) is 18.2. The van der Waals surface area contributed by atoms with Crippen LogP contribution in [0.5, 0.6) is 0 Å². The number of hydrogen-bond acceptors (Lipinski definition) is 1. The summed E-state index contributed by atoms with van der Waals surface area (Å²) >= 11 is 0. The highest BCUT2D eigenvalue weighted by Gasteiger charge is 2.39. The molecule has 8 aromatic rings. The van der Waals surface area contributed by atoms with Crippen LogP contribution >= 0.6 is 0 Å². The predicted molar refractivity (Wildman–Crippen MR) is 233 cm³/mol. The van der Waals surface area contributed by atoms with E-state index in [1.54, 1.807) is 0 Å². The molecule has 272 valence electrons. The van der Waals surface area contributed by atoms with E-state index in [9.17, 15) is 0 Å². The van der Waals surface area contributed by atoms with Crippen LogP contribution in [0, 0.1) is 0 Å². The maximum absolute atomic E-state index is 6.42. The first-order valence-electron chi connectivity index (χ1n) is 19.8. The van der Waals surface area contributed by atoms with Crippen LogP contribution in [-0.4, -0.2) is 0 Å². The van der Waals surface area contributed by atoms with Crippen molar-refractivity contribution < 1.29 is 4.42 Å². The van der Waals surface area contributed by atoms with Gasteiger partial charge in [-0.3, -0.25) is 0 Å². The molecule has 0 saturated heterocycles. The van der Waals surface area contributed by atoms with Crippen molar-refractivity contribution in [3.05, 3.63) is 191 Å². The summed E-state index contributed by atoms with van der Waals surface area (Å²) in [6.07, 6.45) is 0. The van der Waals surface area contributed by atoms with Gasteiger partial charge in [0.05, 0.1) is 0 Å². The van der Waals surface area contributed by atoms with Gasteiger partial charge in [0.15, 0.2) is 0 Å². The quantitative estimate of drug-likeness (QED) is 0.162. The number of hydrogen-bond donors (Lipinski definition) is 0. The fraction of sp³-hybridized carbons (Fsp3) is 0.222. The minimum atomic E-state index is -0.106. The molecule has 1 aromatic heterocycles. The standard InChI is InChI=1S/C54H50O/c1-52(2,3)39-29-30-41-45(32-39)54(7,8)46-33-40(53(4,5)6)31-44(50(41)46)36-23-27-38(28-24-36)49(37-25-21-35(22-26-37)34-15-10-9-11-16-34)43-18-14-20-48-51(43)42-17-12-13-19-47(42)55-48/h9-33,49H,1-8H3. The maximum atomic E-state index is 6.42. The van der Waals surface area contributed by atoms with Gasteiger partial charge in [-0.05, 0) is 101 Å². The number of rotatable bonds is 5. The molecule has 1 unspecified atom stereocenters.